The van der Waals surface area contributed by atoms with Gasteiger partial charge in [-0.05, 0) is 25.5 Å². The summed E-state index contributed by atoms with van der Waals surface area (Å²) in [5.41, 5.74) is 0.338. The summed E-state index contributed by atoms with van der Waals surface area (Å²) in [6, 6.07) is 4.25. The Morgan fingerprint density at radius 3 is 2.65 bits per heavy atom. The van der Waals surface area contributed by atoms with Crippen molar-refractivity contribution in [3.63, 3.8) is 0 Å². The first-order valence-corrected chi connectivity index (χ1v) is 6.13. The fraction of sp³-hybridized carbons (Fsp3) is 0.462. The van der Waals surface area contributed by atoms with Crippen LogP contribution in [0.15, 0.2) is 18.2 Å². The van der Waals surface area contributed by atoms with Crippen molar-refractivity contribution in [2.75, 3.05) is 6.61 Å². The van der Waals surface area contributed by atoms with Gasteiger partial charge in [-0.1, -0.05) is 6.07 Å². The summed E-state index contributed by atoms with van der Waals surface area (Å²) < 4.78 is 4.65. The average Bonchev–Trinajstić information content (AvgIpc) is 2.37. The predicted molar refractivity (Wildman–Crippen MR) is 70.1 cm³/mol. The molecule has 0 aromatic heterocycles. The van der Waals surface area contributed by atoms with E-state index >= 15 is 0 Å². The number of aliphatic hydroxyl groups is 2. The van der Waals surface area contributed by atoms with Crippen LogP contribution in [0.2, 0.25) is 0 Å². The molecule has 2 unspecified atom stereocenters. The van der Waals surface area contributed by atoms with Gasteiger partial charge >= 0.3 is 5.97 Å². The maximum absolute atomic E-state index is 11.2. The molecule has 0 fully saturated rings. The van der Waals surface area contributed by atoms with Crippen molar-refractivity contribution in [2.45, 2.75) is 32.5 Å². The smallest absolute Gasteiger partial charge is 0.308 e. The zero-order valence-corrected chi connectivity index (χ0v) is 11.3. The summed E-state index contributed by atoms with van der Waals surface area (Å²) in [5.74, 6) is -0.672. The first-order chi connectivity index (χ1) is 9.36. The van der Waals surface area contributed by atoms with Crippen molar-refractivity contribution >= 4 is 11.7 Å². The molecule has 7 heteroatoms. The largest absolute Gasteiger partial charge is 0.466 e. The second-order valence-electron chi connectivity index (χ2n) is 4.34. The third-order valence-electron chi connectivity index (χ3n) is 2.75. The molecule has 0 spiro atoms. The summed E-state index contributed by atoms with van der Waals surface area (Å²) in [5, 5.41) is 30.7. The van der Waals surface area contributed by atoms with Gasteiger partial charge in [0.05, 0.1) is 29.6 Å². The van der Waals surface area contributed by atoms with E-state index in [-0.39, 0.29) is 17.9 Å². The topological polar surface area (TPSA) is 110 Å². The fourth-order valence-electron chi connectivity index (χ4n) is 1.77. The Kier molecular flexibility index (Phi) is 5.60. The highest BCUT2D eigenvalue weighted by atomic mass is 16.6. The molecule has 0 aliphatic carbocycles. The monoisotopic (exact) mass is 283 g/mol. The number of nitro benzene ring substituents is 1. The summed E-state index contributed by atoms with van der Waals surface area (Å²) in [7, 11) is 0. The highest BCUT2D eigenvalue weighted by molar-refractivity contribution is 5.70. The van der Waals surface area contributed by atoms with Crippen LogP contribution >= 0.6 is 0 Å². The van der Waals surface area contributed by atoms with E-state index in [2.05, 4.69) is 4.74 Å². The maximum Gasteiger partial charge on any atom is 0.308 e. The molecular formula is C13H17NO6. The van der Waals surface area contributed by atoms with Crippen LogP contribution in [0.3, 0.4) is 0 Å². The molecule has 110 valence electrons. The van der Waals surface area contributed by atoms with Gasteiger partial charge in [-0.25, -0.2) is 0 Å². The molecule has 0 radical (unpaired) electrons. The molecule has 2 atom stereocenters. The quantitative estimate of drug-likeness (QED) is 0.462. The number of nitrogens with zero attached hydrogens (tertiary/aromatic N) is 1. The minimum atomic E-state index is -1.53. The van der Waals surface area contributed by atoms with E-state index in [1.807, 2.05) is 0 Å². The van der Waals surface area contributed by atoms with E-state index in [9.17, 15) is 25.1 Å². The zero-order valence-electron chi connectivity index (χ0n) is 11.3. The van der Waals surface area contributed by atoms with Crippen molar-refractivity contribution in [1.29, 1.82) is 0 Å². The lowest BCUT2D eigenvalue weighted by Gasteiger charge is -2.17. The van der Waals surface area contributed by atoms with E-state index in [1.54, 1.807) is 19.9 Å². The lowest BCUT2D eigenvalue weighted by molar-refractivity contribution is -0.386. The van der Waals surface area contributed by atoms with E-state index in [0.717, 1.165) is 0 Å². The van der Waals surface area contributed by atoms with Crippen molar-refractivity contribution in [3.05, 3.63) is 39.4 Å². The number of aliphatic hydroxyl groups excluding tert-OH is 2. The number of benzene rings is 1. The van der Waals surface area contributed by atoms with Crippen LogP contribution in [0.1, 0.15) is 30.6 Å². The number of carbonyl (C=O) groups is 1. The van der Waals surface area contributed by atoms with Gasteiger partial charge in [-0.3, -0.25) is 14.9 Å². The molecule has 0 aliphatic rings. The van der Waals surface area contributed by atoms with Crippen LogP contribution in [0, 0.1) is 17.0 Å². The molecule has 1 aromatic carbocycles. The van der Waals surface area contributed by atoms with Crippen LogP contribution in [-0.4, -0.2) is 33.8 Å². The molecule has 2 N–H and O–H groups in total. The van der Waals surface area contributed by atoms with Crippen molar-refractivity contribution in [3.8, 4) is 0 Å². The van der Waals surface area contributed by atoms with Gasteiger partial charge < -0.3 is 14.9 Å². The fourth-order valence-corrected chi connectivity index (χ4v) is 1.77. The number of nitro groups is 1. The maximum atomic E-state index is 11.2. The van der Waals surface area contributed by atoms with Crippen LogP contribution in [0.4, 0.5) is 5.69 Å². The molecule has 1 rings (SSSR count). The van der Waals surface area contributed by atoms with Crippen LogP contribution in [0.25, 0.3) is 0 Å². The lowest BCUT2D eigenvalue weighted by Crippen LogP contribution is -2.23. The second kappa shape index (κ2) is 6.97. The van der Waals surface area contributed by atoms with Gasteiger partial charge in [0.2, 0.25) is 0 Å². The summed E-state index contributed by atoms with van der Waals surface area (Å²) in [6.45, 7) is 3.45. The Labute approximate surface area is 116 Å². The molecule has 0 bridgehead atoms. The zero-order chi connectivity index (χ0) is 15.3. The number of aryl methyl sites for hydroxylation is 1. The number of hydrogen-bond donors (Lipinski definition) is 2. The molecule has 0 saturated carbocycles. The van der Waals surface area contributed by atoms with Crippen LogP contribution in [-0.2, 0) is 9.53 Å². The Morgan fingerprint density at radius 2 is 2.10 bits per heavy atom. The number of ether oxygens (including phenoxy) is 1. The predicted octanol–water partition coefficient (Wildman–Crippen LogP) is 1.25. The molecule has 0 saturated heterocycles. The minimum Gasteiger partial charge on any atom is -0.466 e. The van der Waals surface area contributed by atoms with Gasteiger partial charge in [0.25, 0.3) is 5.69 Å². The summed E-state index contributed by atoms with van der Waals surface area (Å²) >= 11 is 0. The van der Waals surface area contributed by atoms with Crippen molar-refractivity contribution in [1.82, 2.24) is 0 Å². The molecule has 1 aromatic rings. The first-order valence-electron chi connectivity index (χ1n) is 6.13. The Bertz CT molecular complexity index is 502. The molecule has 0 aliphatic heterocycles. The molecule has 0 amide bonds. The normalized spacial score (nSPS) is 13.6. The van der Waals surface area contributed by atoms with Gasteiger partial charge in [0, 0.05) is 6.07 Å². The van der Waals surface area contributed by atoms with Gasteiger partial charge in [-0.2, -0.15) is 0 Å². The van der Waals surface area contributed by atoms with Crippen molar-refractivity contribution in [2.24, 2.45) is 0 Å². The van der Waals surface area contributed by atoms with E-state index in [0.29, 0.717) is 5.56 Å². The third-order valence-corrected chi connectivity index (χ3v) is 2.75. The van der Waals surface area contributed by atoms with Crippen molar-refractivity contribution < 1.29 is 24.7 Å². The van der Waals surface area contributed by atoms with E-state index in [1.165, 1.54) is 12.1 Å². The number of rotatable bonds is 6. The molecule has 7 nitrogen and oxygen atoms in total. The van der Waals surface area contributed by atoms with Gasteiger partial charge in [0.1, 0.15) is 6.10 Å². The molecule has 0 heterocycles. The molecular weight excluding hydrogens is 266 g/mol. The van der Waals surface area contributed by atoms with E-state index < -0.39 is 29.5 Å². The summed E-state index contributed by atoms with van der Waals surface area (Å²) in [4.78, 5) is 21.5. The third kappa shape index (κ3) is 4.01. The standard InChI is InChI=1S/C13H17NO6/c1-3-20-12(16)7-11(15)13(17)9-5-4-8(2)6-10(9)14(18)19/h4-6,11,13,15,17H,3,7H2,1-2H3. The average molecular weight is 283 g/mol. The van der Waals surface area contributed by atoms with Crippen LogP contribution in [0.5, 0.6) is 0 Å². The minimum absolute atomic E-state index is 0.0302. The van der Waals surface area contributed by atoms with E-state index in [4.69, 9.17) is 0 Å². The number of carbonyl (C=O) groups excluding carboxylic acids is 1. The Balaban J connectivity index is 2.93. The Morgan fingerprint density at radius 1 is 1.45 bits per heavy atom. The highest BCUT2D eigenvalue weighted by Gasteiger charge is 2.28. The Hall–Kier alpha value is -1.99. The highest BCUT2D eigenvalue weighted by Crippen LogP contribution is 2.29. The van der Waals surface area contributed by atoms with Gasteiger partial charge in [-0.15, -0.1) is 0 Å². The molecule has 20 heavy (non-hydrogen) atoms. The number of esters is 1. The summed E-state index contributed by atoms with van der Waals surface area (Å²) in [6.07, 6.45) is -3.42. The lowest BCUT2D eigenvalue weighted by atomic mass is 9.99. The number of hydrogen-bond acceptors (Lipinski definition) is 6. The van der Waals surface area contributed by atoms with Gasteiger partial charge in [0.15, 0.2) is 0 Å². The van der Waals surface area contributed by atoms with Crippen LogP contribution < -0.4 is 0 Å². The second-order valence-corrected chi connectivity index (χ2v) is 4.34. The first kappa shape index (κ1) is 16.1. The SMILES string of the molecule is CCOC(=O)CC(O)C(O)c1ccc(C)cc1[N+](=O)[O-].